The molecule has 2 aromatic rings. The maximum absolute atomic E-state index is 5.53. The third-order valence-electron chi connectivity index (χ3n) is 1.77. The molecule has 4 nitrogen and oxygen atoms in total. The molecule has 0 saturated heterocycles. The Morgan fingerprint density at radius 3 is 2.40 bits per heavy atom. The number of rotatable bonds is 3. The molecule has 0 unspecified atom stereocenters. The summed E-state index contributed by atoms with van der Waals surface area (Å²) in [5.41, 5.74) is 5.53. The van der Waals surface area contributed by atoms with Gasteiger partial charge in [-0.2, -0.15) is 0 Å². The van der Waals surface area contributed by atoms with Gasteiger partial charge in [-0.1, -0.05) is 11.3 Å². The number of ether oxygens (including phenoxy) is 2. The summed E-state index contributed by atoms with van der Waals surface area (Å²) in [6.07, 6.45) is 1.57. The molecule has 1 heterocycles. The Kier molecular flexibility index (Phi) is 2.73. The van der Waals surface area contributed by atoms with Gasteiger partial charge in [0.05, 0.1) is 13.3 Å². The average Bonchev–Trinajstić information content (AvgIpc) is 2.65. The van der Waals surface area contributed by atoms with Crippen LogP contribution in [-0.2, 0) is 0 Å². The summed E-state index contributed by atoms with van der Waals surface area (Å²) in [6, 6.07) is 7.28. The zero-order valence-corrected chi connectivity index (χ0v) is 8.95. The fraction of sp³-hybridized carbons (Fsp3) is 0.100. The van der Waals surface area contributed by atoms with Gasteiger partial charge in [-0.25, -0.2) is 4.98 Å². The van der Waals surface area contributed by atoms with Crippen molar-refractivity contribution in [3.8, 4) is 16.7 Å². The fourth-order valence-corrected chi connectivity index (χ4v) is 1.61. The predicted molar refractivity (Wildman–Crippen MR) is 59.6 cm³/mol. The lowest BCUT2D eigenvalue weighted by Gasteiger charge is -2.02. The van der Waals surface area contributed by atoms with Gasteiger partial charge in [-0.15, -0.1) is 0 Å². The van der Waals surface area contributed by atoms with E-state index in [2.05, 4.69) is 4.98 Å². The van der Waals surface area contributed by atoms with Crippen molar-refractivity contribution in [3.05, 3.63) is 30.5 Å². The number of anilines is 1. The van der Waals surface area contributed by atoms with Gasteiger partial charge in [-0.05, 0) is 24.3 Å². The van der Waals surface area contributed by atoms with Crippen LogP contribution in [0.25, 0.3) is 0 Å². The SMILES string of the molecule is COc1ccc(Oc2ncc(N)s2)cc1. The van der Waals surface area contributed by atoms with Gasteiger partial charge >= 0.3 is 0 Å². The average molecular weight is 222 g/mol. The number of nitrogens with two attached hydrogens (primary N) is 1. The first-order valence-electron chi connectivity index (χ1n) is 4.31. The molecule has 0 fully saturated rings. The van der Waals surface area contributed by atoms with Gasteiger partial charge in [-0.3, -0.25) is 0 Å². The van der Waals surface area contributed by atoms with Gasteiger partial charge in [0.25, 0.3) is 5.19 Å². The first kappa shape index (κ1) is 9.79. The van der Waals surface area contributed by atoms with Gasteiger partial charge in [0.1, 0.15) is 16.5 Å². The number of methoxy groups -OCH3 is 1. The number of aromatic nitrogens is 1. The van der Waals surface area contributed by atoms with Crippen molar-refractivity contribution in [1.29, 1.82) is 0 Å². The van der Waals surface area contributed by atoms with Crippen molar-refractivity contribution in [2.24, 2.45) is 0 Å². The summed E-state index contributed by atoms with van der Waals surface area (Å²) in [5, 5.41) is 1.18. The lowest BCUT2D eigenvalue weighted by molar-refractivity contribution is 0.412. The van der Waals surface area contributed by atoms with Crippen molar-refractivity contribution >= 4 is 16.3 Å². The molecule has 2 rings (SSSR count). The minimum Gasteiger partial charge on any atom is -0.497 e. The van der Waals surface area contributed by atoms with E-state index >= 15 is 0 Å². The topological polar surface area (TPSA) is 57.4 Å². The van der Waals surface area contributed by atoms with Crippen molar-refractivity contribution < 1.29 is 9.47 Å². The summed E-state index contributed by atoms with van der Waals surface area (Å²) >= 11 is 1.31. The third-order valence-corrected chi connectivity index (χ3v) is 2.47. The van der Waals surface area contributed by atoms with E-state index in [0.29, 0.717) is 15.9 Å². The number of benzene rings is 1. The molecule has 1 aromatic heterocycles. The molecule has 0 aliphatic heterocycles. The normalized spacial score (nSPS) is 9.93. The Balaban J connectivity index is 2.11. The van der Waals surface area contributed by atoms with Gasteiger partial charge in [0.15, 0.2) is 0 Å². The van der Waals surface area contributed by atoms with Gasteiger partial charge in [0, 0.05) is 0 Å². The molecule has 15 heavy (non-hydrogen) atoms. The summed E-state index contributed by atoms with van der Waals surface area (Å²) in [7, 11) is 1.62. The van der Waals surface area contributed by atoms with Crippen LogP contribution >= 0.6 is 11.3 Å². The summed E-state index contributed by atoms with van der Waals surface area (Å²) in [4.78, 5) is 3.99. The summed E-state index contributed by atoms with van der Waals surface area (Å²) in [5.74, 6) is 1.51. The standard InChI is InChI=1S/C10H10N2O2S/c1-13-7-2-4-8(5-3-7)14-10-12-6-9(11)15-10/h2-6H,11H2,1H3. The predicted octanol–water partition coefficient (Wildman–Crippen LogP) is 2.53. The van der Waals surface area contributed by atoms with Crippen LogP contribution in [0, 0.1) is 0 Å². The van der Waals surface area contributed by atoms with Crippen LogP contribution in [0.1, 0.15) is 0 Å². The molecule has 5 heteroatoms. The Labute approximate surface area is 91.3 Å². The molecular formula is C10H10N2O2S. The Morgan fingerprint density at radius 1 is 1.20 bits per heavy atom. The van der Waals surface area contributed by atoms with Crippen molar-refractivity contribution in [2.75, 3.05) is 12.8 Å². The maximum atomic E-state index is 5.53. The number of nitrogens with zero attached hydrogens (tertiary/aromatic N) is 1. The molecule has 78 valence electrons. The molecular weight excluding hydrogens is 212 g/mol. The number of thiazole rings is 1. The lowest BCUT2D eigenvalue weighted by Crippen LogP contribution is -1.84. The second-order valence-corrected chi connectivity index (χ2v) is 3.83. The largest absolute Gasteiger partial charge is 0.497 e. The highest BCUT2D eigenvalue weighted by Crippen LogP contribution is 2.28. The molecule has 0 saturated carbocycles. The van der Waals surface area contributed by atoms with Crippen LogP contribution in [0.5, 0.6) is 16.7 Å². The van der Waals surface area contributed by atoms with Gasteiger partial charge < -0.3 is 15.2 Å². The van der Waals surface area contributed by atoms with Crippen LogP contribution in [-0.4, -0.2) is 12.1 Å². The van der Waals surface area contributed by atoms with E-state index in [1.807, 2.05) is 24.3 Å². The molecule has 0 aliphatic carbocycles. The third kappa shape index (κ3) is 2.38. The Bertz CT molecular complexity index is 439. The molecule has 0 amide bonds. The van der Waals surface area contributed by atoms with E-state index in [1.165, 1.54) is 11.3 Å². The molecule has 0 aliphatic rings. The molecule has 1 aromatic carbocycles. The van der Waals surface area contributed by atoms with Crippen LogP contribution in [0.3, 0.4) is 0 Å². The van der Waals surface area contributed by atoms with Crippen molar-refractivity contribution in [1.82, 2.24) is 4.98 Å². The van der Waals surface area contributed by atoms with Gasteiger partial charge in [0.2, 0.25) is 0 Å². The smallest absolute Gasteiger partial charge is 0.280 e. The molecule has 0 spiro atoms. The number of hydrogen-bond acceptors (Lipinski definition) is 5. The molecule has 0 radical (unpaired) electrons. The zero-order valence-electron chi connectivity index (χ0n) is 8.14. The van der Waals surface area contributed by atoms with E-state index in [0.717, 1.165) is 5.75 Å². The molecule has 0 bridgehead atoms. The Hall–Kier alpha value is -1.75. The highest BCUT2D eigenvalue weighted by Gasteiger charge is 2.01. The van der Waals surface area contributed by atoms with E-state index in [1.54, 1.807) is 13.3 Å². The zero-order chi connectivity index (χ0) is 10.7. The first-order chi connectivity index (χ1) is 7.28. The Morgan fingerprint density at radius 2 is 1.87 bits per heavy atom. The minimum atomic E-state index is 0.540. The van der Waals surface area contributed by atoms with Crippen LogP contribution in [0.2, 0.25) is 0 Å². The first-order valence-corrected chi connectivity index (χ1v) is 5.13. The van der Waals surface area contributed by atoms with Crippen LogP contribution in [0.15, 0.2) is 30.5 Å². The van der Waals surface area contributed by atoms with Crippen molar-refractivity contribution in [2.45, 2.75) is 0 Å². The monoisotopic (exact) mass is 222 g/mol. The van der Waals surface area contributed by atoms with Crippen LogP contribution in [0.4, 0.5) is 5.00 Å². The quantitative estimate of drug-likeness (QED) is 0.867. The second-order valence-electron chi connectivity index (χ2n) is 2.81. The van der Waals surface area contributed by atoms with E-state index in [9.17, 15) is 0 Å². The molecule has 2 N–H and O–H groups in total. The number of hydrogen-bond donors (Lipinski definition) is 1. The fourth-order valence-electron chi connectivity index (χ4n) is 1.06. The summed E-state index contributed by atoms with van der Waals surface area (Å²) in [6.45, 7) is 0. The highest BCUT2D eigenvalue weighted by atomic mass is 32.1. The van der Waals surface area contributed by atoms with Crippen molar-refractivity contribution in [3.63, 3.8) is 0 Å². The minimum absolute atomic E-state index is 0.540. The second kappa shape index (κ2) is 4.18. The number of nitrogen functional groups attached to an aromatic ring is 1. The molecule has 0 atom stereocenters. The van der Waals surface area contributed by atoms with Crippen LogP contribution < -0.4 is 15.2 Å². The highest BCUT2D eigenvalue weighted by molar-refractivity contribution is 7.17. The maximum Gasteiger partial charge on any atom is 0.280 e. The lowest BCUT2D eigenvalue weighted by atomic mass is 10.3. The van der Waals surface area contributed by atoms with E-state index < -0.39 is 0 Å². The summed E-state index contributed by atoms with van der Waals surface area (Å²) < 4.78 is 10.5. The van der Waals surface area contributed by atoms with E-state index in [-0.39, 0.29) is 0 Å². The van der Waals surface area contributed by atoms with E-state index in [4.69, 9.17) is 15.2 Å².